The molecule has 2 heterocycles. The molecule has 7 heteroatoms. The summed E-state index contributed by atoms with van der Waals surface area (Å²) in [6.45, 7) is 3.70. The fourth-order valence-electron chi connectivity index (χ4n) is 4.28. The number of carbonyl (C=O) groups is 2. The Kier molecular flexibility index (Phi) is 6.45. The van der Waals surface area contributed by atoms with Crippen LogP contribution < -0.4 is 19.7 Å². The maximum Gasteiger partial charge on any atom is 0.252 e. The SMILES string of the molecule is C[C@@H](NC(=O)c1ccccc1SCC(=O)N1CCc2ccccc21)c1ccc2c(c1)OCCO2. The molecule has 34 heavy (non-hydrogen) atoms. The third-order valence-corrected chi connectivity index (χ3v) is 7.14. The fourth-order valence-corrected chi connectivity index (χ4v) is 5.21. The van der Waals surface area contributed by atoms with E-state index in [1.807, 2.05) is 66.4 Å². The van der Waals surface area contributed by atoms with Gasteiger partial charge in [0.15, 0.2) is 11.5 Å². The summed E-state index contributed by atoms with van der Waals surface area (Å²) in [6.07, 6.45) is 0.878. The molecule has 0 aliphatic carbocycles. The molecule has 5 rings (SSSR count). The van der Waals surface area contributed by atoms with Gasteiger partial charge >= 0.3 is 0 Å². The van der Waals surface area contributed by atoms with E-state index in [1.165, 1.54) is 17.3 Å². The van der Waals surface area contributed by atoms with Crippen molar-refractivity contribution in [1.29, 1.82) is 0 Å². The number of nitrogens with zero attached hydrogens (tertiary/aromatic N) is 1. The van der Waals surface area contributed by atoms with Gasteiger partial charge in [-0.05, 0) is 54.8 Å². The van der Waals surface area contributed by atoms with E-state index in [9.17, 15) is 9.59 Å². The van der Waals surface area contributed by atoms with Crippen molar-refractivity contribution >= 4 is 29.3 Å². The van der Waals surface area contributed by atoms with Crippen molar-refractivity contribution in [2.45, 2.75) is 24.3 Å². The van der Waals surface area contributed by atoms with Crippen LogP contribution in [-0.2, 0) is 11.2 Å². The van der Waals surface area contributed by atoms with Crippen LogP contribution in [0.25, 0.3) is 0 Å². The van der Waals surface area contributed by atoms with Gasteiger partial charge in [0.2, 0.25) is 5.91 Å². The number of benzene rings is 3. The highest BCUT2D eigenvalue weighted by Crippen LogP contribution is 2.33. The Morgan fingerprint density at radius 2 is 1.76 bits per heavy atom. The second kappa shape index (κ2) is 9.81. The largest absolute Gasteiger partial charge is 0.486 e. The van der Waals surface area contributed by atoms with Crippen molar-refractivity contribution in [3.05, 3.63) is 83.4 Å². The third-order valence-electron chi connectivity index (χ3n) is 6.08. The Hall–Kier alpha value is -3.45. The summed E-state index contributed by atoms with van der Waals surface area (Å²) in [6, 6.07) is 20.9. The summed E-state index contributed by atoms with van der Waals surface area (Å²) in [5, 5.41) is 3.07. The standard InChI is InChI=1S/C27H26N2O4S/c1-18(20-10-11-23-24(16-20)33-15-14-32-23)28-27(31)21-7-3-5-9-25(21)34-17-26(30)29-13-12-19-6-2-4-8-22(19)29/h2-11,16,18H,12-15,17H2,1H3,(H,28,31)/t18-/m1/s1. The highest BCUT2D eigenvalue weighted by Gasteiger charge is 2.25. The zero-order valence-electron chi connectivity index (χ0n) is 19.0. The number of hydrogen-bond donors (Lipinski definition) is 1. The van der Waals surface area contributed by atoms with Crippen LogP contribution in [-0.4, -0.2) is 37.3 Å². The van der Waals surface area contributed by atoms with Gasteiger partial charge in [0.25, 0.3) is 5.91 Å². The Balaban J connectivity index is 1.25. The van der Waals surface area contributed by atoms with Gasteiger partial charge in [-0.25, -0.2) is 0 Å². The monoisotopic (exact) mass is 474 g/mol. The smallest absolute Gasteiger partial charge is 0.252 e. The third kappa shape index (κ3) is 4.61. The maximum absolute atomic E-state index is 13.1. The molecule has 0 saturated heterocycles. The molecule has 0 radical (unpaired) electrons. The Morgan fingerprint density at radius 1 is 1.00 bits per heavy atom. The number of ether oxygens (including phenoxy) is 2. The molecule has 0 unspecified atom stereocenters. The number of amides is 2. The number of anilines is 1. The summed E-state index contributed by atoms with van der Waals surface area (Å²) in [7, 11) is 0. The molecule has 0 aromatic heterocycles. The van der Waals surface area contributed by atoms with E-state index in [0.29, 0.717) is 31.1 Å². The van der Waals surface area contributed by atoms with E-state index < -0.39 is 0 Å². The molecule has 0 saturated carbocycles. The summed E-state index contributed by atoms with van der Waals surface area (Å²) < 4.78 is 11.2. The first kappa shape index (κ1) is 22.3. The Morgan fingerprint density at radius 3 is 2.65 bits per heavy atom. The summed E-state index contributed by atoms with van der Waals surface area (Å²) in [4.78, 5) is 28.7. The van der Waals surface area contributed by atoms with Gasteiger partial charge in [0.1, 0.15) is 13.2 Å². The molecule has 1 atom stereocenters. The molecular formula is C27H26N2O4S. The van der Waals surface area contributed by atoms with Crippen molar-refractivity contribution in [1.82, 2.24) is 5.32 Å². The van der Waals surface area contributed by atoms with E-state index >= 15 is 0 Å². The highest BCUT2D eigenvalue weighted by atomic mass is 32.2. The highest BCUT2D eigenvalue weighted by molar-refractivity contribution is 8.00. The Labute approximate surface area is 203 Å². The minimum atomic E-state index is -0.218. The molecule has 2 amide bonds. The van der Waals surface area contributed by atoms with Crippen LogP contribution in [0.15, 0.2) is 71.6 Å². The van der Waals surface area contributed by atoms with E-state index in [-0.39, 0.29) is 23.6 Å². The minimum Gasteiger partial charge on any atom is -0.486 e. The van der Waals surface area contributed by atoms with Gasteiger partial charge in [0, 0.05) is 17.1 Å². The van der Waals surface area contributed by atoms with E-state index in [4.69, 9.17) is 9.47 Å². The van der Waals surface area contributed by atoms with Crippen LogP contribution in [0.2, 0.25) is 0 Å². The number of carbonyl (C=O) groups excluding carboxylic acids is 2. The van der Waals surface area contributed by atoms with Crippen LogP contribution in [0, 0.1) is 0 Å². The van der Waals surface area contributed by atoms with Crippen molar-refractivity contribution in [2.75, 3.05) is 30.4 Å². The molecule has 1 N–H and O–H groups in total. The molecule has 6 nitrogen and oxygen atoms in total. The van der Waals surface area contributed by atoms with Gasteiger partial charge in [-0.2, -0.15) is 0 Å². The van der Waals surface area contributed by atoms with Crippen molar-refractivity contribution in [3.8, 4) is 11.5 Å². The first-order valence-corrected chi connectivity index (χ1v) is 12.4. The van der Waals surface area contributed by atoms with Crippen LogP contribution in [0.4, 0.5) is 5.69 Å². The number of nitrogens with one attached hydrogen (secondary N) is 1. The number of hydrogen-bond acceptors (Lipinski definition) is 5. The van der Waals surface area contributed by atoms with Gasteiger partial charge in [-0.3, -0.25) is 9.59 Å². The van der Waals surface area contributed by atoms with Crippen LogP contribution in [0.1, 0.15) is 34.5 Å². The van der Waals surface area contributed by atoms with E-state index in [2.05, 4.69) is 11.4 Å². The zero-order chi connectivity index (χ0) is 23.5. The molecule has 0 bridgehead atoms. The summed E-state index contributed by atoms with van der Waals surface area (Å²) >= 11 is 1.40. The molecule has 0 spiro atoms. The van der Waals surface area contributed by atoms with Gasteiger partial charge in [-0.15, -0.1) is 11.8 Å². The van der Waals surface area contributed by atoms with Crippen LogP contribution in [0.3, 0.4) is 0 Å². The van der Waals surface area contributed by atoms with Gasteiger partial charge < -0.3 is 19.7 Å². The fraction of sp³-hybridized carbons (Fsp3) is 0.259. The van der Waals surface area contributed by atoms with Gasteiger partial charge in [-0.1, -0.05) is 36.4 Å². The summed E-state index contributed by atoms with van der Waals surface area (Å²) in [5.74, 6) is 1.57. The molecule has 174 valence electrons. The summed E-state index contributed by atoms with van der Waals surface area (Å²) in [5.41, 5.74) is 3.69. The lowest BCUT2D eigenvalue weighted by atomic mass is 10.1. The average Bonchev–Trinajstić information content (AvgIpc) is 3.31. The van der Waals surface area contributed by atoms with Gasteiger partial charge in [0.05, 0.1) is 17.4 Å². The van der Waals surface area contributed by atoms with Crippen LogP contribution >= 0.6 is 11.8 Å². The molecular weight excluding hydrogens is 448 g/mol. The number of rotatable bonds is 6. The first-order valence-electron chi connectivity index (χ1n) is 11.4. The lowest BCUT2D eigenvalue weighted by Gasteiger charge is -2.21. The average molecular weight is 475 g/mol. The lowest BCUT2D eigenvalue weighted by molar-refractivity contribution is -0.116. The number of para-hydroxylation sites is 1. The molecule has 3 aromatic rings. The van der Waals surface area contributed by atoms with E-state index in [0.717, 1.165) is 28.3 Å². The molecule has 2 aliphatic heterocycles. The predicted molar refractivity (Wildman–Crippen MR) is 133 cm³/mol. The first-order chi connectivity index (χ1) is 16.6. The second-order valence-electron chi connectivity index (χ2n) is 8.31. The maximum atomic E-state index is 13.1. The molecule has 2 aliphatic rings. The van der Waals surface area contributed by atoms with Crippen LogP contribution in [0.5, 0.6) is 11.5 Å². The van der Waals surface area contributed by atoms with Crippen molar-refractivity contribution in [2.24, 2.45) is 0 Å². The zero-order valence-corrected chi connectivity index (χ0v) is 19.8. The topological polar surface area (TPSA) is 67.9 Å². The lowest BCUT2D eigenvalue weighted by Crippen LogP contribution is -2.30. The van der Waals surface area contributed by atoms with Crippen molar-refractivity contribution in [3.63, 3.8) is 0 Å². The second-order valence-corrected chi connectivity index (χ2v) is 9.32. The quantitative estimate of drug-likeness (QED) is 0.528. The van der Waals surface area contributed by atoms with E-state index in [1.54, 1.807) is 6.07 Å². The number of thioether (sulfide) groups is 1. The molecule has 0 fully saturated rings. The number of fused-ring (bicyclic) bond motifs is 2. The van der Waals surface area contributed by atoms with Crippen molar-refractivity contribution < 1.29 is 19.1 Å². The molecule has 3 aromatic carbocycles. The predicted octanol–water partition coefficient (Wildman–Crippen LogP) is 4.63. The Bertz CT molecular complexity index is 1230. The minimum absolute atomic E-state index is 0.0507. The normalized spacial score (nSPS) is 14.9.